The molecule has 0 bridgehead atoms. The number of hydrogen-bond donors (Lipinski definition) is 0. The SMILES string of the molecule is CCCCc1oc2ccccc2c1C(=O)c1cc(I)c(OCC[N+]([O-])(CC)CC)c(I)c1.Cl. The van der Waals surface area contributed by atoms with Gasteiger partial charge >= 0.3 is 0 Å². The van der Waals surface area contributed by atoms with Gasteiger partial charge in [-0.3, -0.25) is 4.79 Å². The van der Waals surface area contributed by atoms with E-state index in [4.69, 9.17) is 9.15 Å². The number of hydroxylamine groups is 3. The third-order valence-corrected chi connectivity index (χ3v) is 7.41. The van der Waals surface area contributed by atoms with Gasteiger partial charge in [-0.15, -0.1) is 12.4 Å². The van der Waals surface area contributed by atoms with Crippen molar-refractivity contribution < 1.29 is 18.6 Å². The minimum Gasteiger partial charge on any atom is -0.633 e. The number of unbranched alkanes of at least 4 members (excludes halogenated alkanes) is 1. The smallest absolute Gasteiger partial charge is 0.197 e. The predicted octanol–water partition coefficient (Wildman–Crippen LogP) is 7.37. The van der Waals surface area contributed by atoms with Gasteiger partial charge in [0.1, 0.15) is 30.2 Å². The zero-order valence-corrected chi connectivity index (χ0v) is 24.3. The first kappa shape index (κ1) is 28.4. The molecule has 0 saturated heterocycles. The molecule has 0 aliphatic carbocycles. The molecule has 0 saturated carbocycles. The first-order valence-electron chi connectivity index (χ1n) is 11.1. The number of halogens is 3. The quantitative estimate of drug-likeness (QED) is 0.0909. The lowest BCUT2D eigenvalue weighted by molar-refractivity contribution is -0.877. The van der Waals surface area contributed by atoms with Crippen LogP contribution in [-0.2, 0) is 6.42 Å². The molecule has 33 heavy (non-hydrogen) atoms. The van der Waals surface area contributed by atoms with E-state index >= 15 is 0 Å². The van der Waals surface area contributed by atoms with Crippen molar-refractivity contribution in [3.8, 4) is 5.75 Å². The van der Waals surface area contributed by atoms with E-state index in [0.717, 1.165) is 48.9 Å². The molecule has 0 atom stereocenters. The second kappa shape index (κ2) is 12.7. The number of fused-ring (bicyclic) bond motifs is 1. The Hall–Kier alpha value is -0.880. The summed E-state index contributed by atoms with van der Waals surface area (Å²) in [4.78, 5) is 13.6. The number of ketones is 1. The highest BCUT2D eigenvalue weighted by Crippen LogP contribution is 2.33. The van der Waals surface area contributed by atoms with Gasteiger partial charge < -0.3 is 19.0 Å². The molecule has 1 heterocycles. The Bertz CT molecular complexity index is 1070. The molecule has 2 aromatic carbocycles. The van der Waals surface area contributed by atoms with Gasteiger partial charge in [-0.1, -0.05) is 31.5 Å². The standard InChI is InChI=1S/C25H29I2NO4.ClH/c1-4-7-11-22-23(18-10-8-9-12-21(18)32-22)24(29)17-15-19(26)25(20(27)16-17)31-14-13-28(30,5-2)6-3;/h8-10,12,15-16H,4-7,11,13-14H2,1-3H3;1H. The Morgan fingerprint density at radius 1 is 1.09 bits per heavy atom. The molecule has 3 aromatic rings. The minimum absolute atomic E-state index is 0. The van der Waals surface area contributed by atoms with Crippen LogP contribution < -0.4 is 4.74 Å². The van der Waals surface area contributed by atoms with Gasteiger partial charge in [0, 0.05) is 17.4 Å². The number of carbonyl (C=O) groups is 1. The van der Waals surface area contributed by atoms with Crippen LogP contribution in [0.4, 0.5) is 0 Å². The Labute approximate surface area is 229 Å². The number of rotatable bonds is 11. The third-order valence-electron chi connectivity index (χ3n) is 5.81. The van der Waals surface area contributed by atoms with Crippen molar-refractivity contribution in [1.29, 1.82) is 0 Å². The maximum atomic E-state index is 13.6. The number of hydrogen-bond acceptors (Lipinski definition) is 4. The maximum absolute atomic E-state index is 13.6. The first-order chi connectivity index (χ1) is 15.3. The molecule has 0 aliphatic rings. The highest BCUT2D eigenvalue weighted by molar-refractivity contribution is 14.1. The molecule has 0 radical (unpaired) electrons. The van der Waals surface area contributed by atoms with Gasteiger partial charge in [0.2, 0.25) is 0 Å². The Morgan fingerprint density at radius 3 is 2.33 bits per heavy atom. The molecular formula is C25H30ClI2NO4. The first-order valence-corrected chi connectivity index (χ1v) is 13.2. The lowest BCUT2D eigenvalue weighted by atomic mass is 9.98. The summed E-state index contributed by atoms with van der Waals surface area (Å²) in [5.41, 5.74) is 2.03. The van der Waals surface area contributed by atoms with Crippen LogP contribution in [0.5, 0.6) is 5.75 Å². The van der Waals surface area contributed by atoms with E-state index < -0.39 is 0 Å². The van der Waals surface area contributed by atoms with Crippen molar-refractivity contribution in [2.45, 2.75) is 40.0 Å². The van der Waals surface area contributed by atoms with Crippen molar-refractivity contribution >= 4 is 74.3 Å². The van der Waals surface area contributed by atoms with Crippen LogP contribution in [-0.4, -0.2) is 36.7 Å². The predicted molar refractivity (Wildman–Crippen MR) is 152 cm³/mol. The van der Waals surface area contributed by atoms with E-state index in [1.165, 1.54) is 0 Å². The molecule has 0 spiro atoms. The van der Waals surface area contributed by atoms with E-state index in [1.807, 2.05) is 50.2 Å². The van der Waals surface area contributed by atoms with Crippen LogP contribution in [0.3, 0.4) is 0 Å². The van der Waals surface area contributed by atoms with Crippen molar-refractivity contribution in [2.75, 3.05) is 26.2 Å². The fourth-order valence-electron chi connectivity index (χ4n) is 3.69. The summed E-state index contributed by atoms with van der Waals surface area (Å²) in [5, 5.41) is 13.3. The van der Waals surface area contributed by atoms with Gasteiger partial charge in [0.25, 0.3) is 0 Å². The van der Waals surface area contributed by atoms with Crippen LogP contribution >= 0.6 is 57.6 Å². The largest absolute Gasteiger partial charge is 0.633 e. The molecule has 0 N–H and O–H groups in total. The maximum Gasteiger partial charge on any atom is 0.197 e. The lowest BCUT2D eigenvalue weighted by Gasteiger charge is -2.40. The monoisotopic (exact) mass is 697 g/mol. The number of carbonyl (C=O) groups excluding carboxylic acids is 1. The fraction of sp³-hybridized carbons (Fsp3) is 0.400. The number of benzene rings is 2. The normalized spacial score (nSPS) is 11.5. The van der Waals surface area contributed by atoms with Crippen LogP contribution in [0.25, 0.3) is 11.0 Å². The van der Waals surface area contributed by atoms with Crippen molar-refractivity contribution in [1.82, 2.24) is 0 Å². The summed E-state index contributed by atoms with van der Waals surface area (Å²) in [6.07, 6.45) is 2.74. The number of aryl methyl sites for hydroxylation is 1. The molecule has 5 nitrogen and oxygen atoms in total. The second-order valence-corrected chi connectivity index (χ2v) is 10.2. The lowest BCUT2D eigenvalue weighted by Crippen LogP contribution is -2.44. The zero-order valence-electron chi connectivity index (χ0n) is 19.2. The number of furan rings is 1. The van der Waals surface area contributed by atoms with E-state index in [1.54, 1.807) is 0 Å². The summed E-state index contributed by atoms with van der Waals surface area (Å²) < 4.78 is 13.5. The zero-order chi connectivity index (χ0) is 23.3. The molecule has 0 unspecified atom stereocenters. The molecule has 0 aliphatic heterocycles. The highest BCUT2D eigenvalue weighted by Gasteiger charge is 2.23. The number of likely N-dealkylation sites (N-methyl/N-ethyl adjacent to an activating group) is 1. The van der Waals surface area contributed by atoms with Gasteiger partial charge in [-0.05, 0) is 83.6 Å². The Balaban J connectivity index is 0.00000385. The molecule has 1 aromatic heterocycles. The molecule has 0 fully saturated rings. The summed E-state index contributed by atoms with van der Waals surface area (Å²) >= 11 is 4.41. The summed E-state index contributed by atoms with van der Waals surface area (Å²) in [5.74, 6) is 1.45. The molecule has 3 rings (SSSR count). The highest BCUT2D eigenvalue weighted by atomic mass is 127. The number of nitrogens with zero attached hydrogens (tertiary/aromatic N) is 1. The van der Waals surface area contributed by atoms with E-state index in [0.29, 0.717) is 37.4 Å². The molecule has 8 heteroatoms. The van der Waals surface area contributed by atoms with Crippen LogP contribution in [0.15, 0.2) is 40.8 Å². The van der Waals surface area contributed by atoms with E-state index in [-0.39, 0.29) is 22.8 Å². The van der Waals surface area contributed by atoms with Gasteiger partial charge in [0.15, 0.2) is 5.78 Å². The van der Waals surface area contributed by atoms with Crippen molar-refractivity contribution in [3.63, 3.8) is 0 Å². The Morgan fingerprint density at radius 2 is 1.73 bits per heavy atom. The summed E-state index contributed by atoms with van der Waals surface area (Å²) in [7, 11) is 0. The minimum atomic E-state index is -0.266. The van der Waals surface area contributed by atoms with Crippen molar-refractivity contribution in [3.05, 3.63) is 65.6 Å². The third kappa shape index (κ3) is 6.62. The van der Waals surface area contributed by atoms with Crippen LogP contribution in [0, 0.1) is 12.3 Å². The fourth-order valence-corrected chi connectivity index (χ4v) is 5.77. The van der Waals surface area contributed by atoms with Gasteiger partial charge in [0.05, 0.1) is 25.8 Å². The number of quaternary nitrogens is 1. The second-order valence-electron chi connectivity index (χ2n) is 7.86. The summed E-state index contributed by atoms with van der Waals surface area (Å²) in [6.45, 7) is 7.74. The van der Waals surface area contributed by atoms with Gasteiger partial charge in [-0.2, -0.15) is 0 Å². The van der Waals surface area contributed by atoms with Gasteiger partial charge in [-0.25, -0.2) is 0 Å². The molecular weight excluding hydrogens is 668 g/mol. The number of ether oxygens (including phenoxy) is 1. The van der Waals surface area contributed by atoms with Crippen LogP contribution in [0.2, 0.25) is 0 Å². The van der Waals surface area contributed by atoms with Crippen molar-refractivity contribution in [2.24, 2.45) is 0 Å². The average molecular weight is 698 g/mol. The molecule has 180 valence electrons. The van der Waals surface area contributed by atoms with Crippen LogP contribution in [0.1, 0.15) is 55.3 Å². The summed E-state index contributed by atoms with van der Waals surface area (Å²) in [6, 6.07) is 11.4. The molecule has 0 amide bonds. The van der Waals surface area contributed by atoms with E-state index in [2.05, 4.69) is 52.1 Å². The van der Waals surface area contributed by atoms with E-state index in [9.17, 15) is 10.0 Å². The number of para-hydroxylation sites is 1. The average Bonchev–Trinajstić information content (AvgIpc) is 3.16. The topological polar surface area (TPSA) is 62.5 Å². The Kier molecular flexibility index (Phi) is 10.9.